The molecule has 0 saturated heterocycles. The maximum Gasteiger partial charge on any atom is 0.422 e. The number of nitrogens with one attached hydrogen (secondary N) is 1. The molecule has 0 saturated carbocycles. The number of alkyl halides is 3. The number of carboxylic acid groups (broad SMARTS) is 1. The van der Waals surface area contributed by atoms with E-state index in [0.717, 1.165) is 4.57 Å². The lowest BCUT2D eigenvalue weighted by Crippen LogP contribution is -2.20. The van der Waals surface area contributed by atoms with Crippen LogP contribution < -0.4 is 10.1 Å². The summed E-state index contributed by atoms with van der Waals surface area (Å²) in [7, 11) is 1.38. The summed E-state index contributed by atoms with van der Waals surface area (Å²) in [6.45, 7) is 0.127. The number of benzene rings is 1. The molecule has 0 radical (unpaired) electrons. The molecular weight excluding hydrogens is 403 g/mol. The summed E-state index contributed by atoms with van der Waals surface area (Å²) >= 11 is 0. The topological polar surface area (TPSA) is 93.4 Å². The number of carboxylic acids is 1. The average molecular weight is 421 g/mol. The van der Waals surface area contributed by atoms with Crippen molar-refractivity contribution in [1.29, 1.82) is 0 Å². The van der Waals surface area contributed by atoms with E-state index >= 15 is 0 Å². The molecule has 1 amide bonds. The molecule has 2 aromatic heterocycles. The lowest BCUT2D eigenvalue weighted by molar-refractivity contribution is -0.153. The predicted octanol–water partition coefficient (Wildman–Crippen LogP) is 4.03. The Kier molecular flexibility index (Phi) is 5.68. The van der Waals surface area contributed by atoms with E-state index in [4.69, 9.17) is 4.74 Å². The number of anilines is 1. The highest BCUT2D eigenvalue weighted by Gasteiger charge is 2.32. The number of ether oxygens (including phenoxy) is 1. The zero-order chi connectivity index (χ0) is 22.1. The molecule has 30 heavy (non-hydrogen) atoms. The molecule has 0 aliphatic carbocycles. The predicted molar refractivity (Wildman–Crippen MR) is 103 cm³/mol. The molecular formula is C20H18F3N3O4. The van der Waals surface area contributed by atoms with Gasteiger partial charge < -0.3 is 19.7 Å². The Balaban J connectivity index is 2.12. The summed E-state index contributed by atoms with van der Waals surface area (Å²) in [5.41, 5.74) is 0.770. The van der Waals surface area contributed by atoms with Gasteiger partial charge in [0.1, 0.15) is 5.65 Å². The van der Waals surface area contributed by atoms with Gasteiger partial charge in [0.2, 0.25) is 0 Å². The van der Waals surface area contributed by atoms with Gasteiger partial charge in [-0.3, -0.25) is 4.79 Å². The molecule has 0 unspecified atom stereocenters. The van der Waals surface area contributed by atoms with Crippen molar-refractivity contribution >= 4 is 28.6 Å². The van der Waals surface area contributed by atoms with E-state index in [0.29, 0.717) is 17.7 Å². The van der Waals surface area contributed by atoms with Crippen LogP contribution in [0.1, 0.15) is 33.5 Å². The third-order valence-corrected chi connectivity index (χ3v) is 4.40. The van der Waals surface area contributed by atoms with Gasteiger partial charge in [0.25, 0.3) is 5.91 Å². The average Bonchev–Trinajstić information content (AvgIpc) is 2.97. The van der Waals surface area contributed by atoms with Crippen LogP contribution in [0.3, 0.4) is 0 Å². The minimum absolute atomic E-state index is 0.0553. The van der Waals surface area contributed by atoms with Crippen molar-refractivity contribution in [2.24, 2.45) is 7.05 Å². The third kappa shape index (κ3) is 4.22. The summed E-state index contributed by atoms with van der Waals surface area (Å²) in [6.07, 6.45) is -4.26. The summed E-state index contributed by atoms with van der Waals surface area (Å²) in [5.74, 6) is -2.35. The van der Waals surface area contributed by atoms with Crippen molar-refractivity contribution in [2.45, 2.75) is 19.5 Å². The first-order chi connectivity index (χ1) is 14.1. The van der Waals surface area contributed by atoms with Crippen LogP contribution in [0.4, 0.5) is 18.9 Å². The van der Waals surface area contributed by atoms with Crippen LogP contribution in [0.2, 0.25) is 0 Å². The molecule has 158 valence electrons. The van der Waals surface area contributed by atoms with Crippen molar-refractivity contribution < 1.29 is 32.6 Å². The molecule has 7 nitrogen and oxygen atoms in total. The van der Waals surface area contributed by atoms with Crippen molar-refractivity contribution in [3.8, 4) is 5.75 Å². The zero-order valence-corrected chi connectivity index (χ0v) is 16.1. The van der Waals surface area contributed by atoms with E-state index in [1.54, 1.807) is 37.3 Å². The van der Waals surface area contributed by atoms with Crippen molar-refractivity contribution in [3.63, 3.8) is 0 Å². The van der Waals surface area contributed by atoms with Crippen molar-refractivity contribution in [1.82, 2.24) is 9.55 Å². The molecule has 3 aromatic rings. The van der Waals surface area contributed by atoms with Crippen molar-refractivity contribution in [3.05, 3.63) is 53.3 Å². The number of aromatic nitrogens is 2. The highest BCUT2D eigenvalue weighted by molar-refractivity contribution is 6.06. The number of amides is 1. The van der Waals surface area contributed by atoms with Gasteiger partial charge in [-0.05, 0) is 24.6 Å². The van der Waals surface area contributed by atoms with Gasteiger partial charge in [-0.1, -0.05) is 25.1 Å². The van der Waals surface area contributed by atoms with E-state index < -0.39 is 36.1 Å². The van der Waals surface area contributed by atoms with Gasteiger partial charge in [0.15, 0.2) is 18.1 Å². The number of aromatic carboxylic acids is 1. The van der Waals surface area contributed by atoms with Crippen LogP contribution in [-0.4, -0.2) is 39.3 Å². The normalized spacial score (nSPS) is 11.5. The number of halogens is 3. The number of hydrogen-bond acceptors (Lipinski definition) is 4. The lowest BCUT2D eigenvalue weighted by Gasteiger charge is -2.11. The summed E-state index contributed by atoms with van der Waals surface area (Å²) < 4.78 is 44.1. The third-order valence-electron chi connectivity index (χ3n) is 4.40. The van der Waals surface area contributed by atoms with Gasteiger partial charge in [-0.25, -0.2) is 9.78 Å². The fourth-order valence-electron chi connectivity index (χ4n) is 3.05. The first-order valence-corrected chi connectivity index (χ1v) is 8.94. The molecule has 0 spiro atoms. The summed E-state index contributed by atoms with van der Waals surface area (Å²) in [5, 5.41) is 12.2. The monoisotopic (exact) mass is 421 g/mol. The molecule has 2 N–H and O–H groups in total. The Morgan fingerprint density at radius 2 is 1.90 bits per heavy atom. The Labute approximate surface area is 169 Å². The quantitative estimate of drug-likeness (QED) is 0.627. The Morgan fingerprint density at radius 1 is 1.23 bits per heavy atom. The molecule has 0 fully saturated rings. The van der Waals surface area contributed by atoms with Crippen LogP contribution in [0.25, 0.3) is 11.0 Å². The molecule has 0 bridgehead atoms. The summed E-state index contributed by atoms with van der Waals surface area (Å²) in [4.78, 5) is 28.6. The number of carbonyl (C=O) groups excluding carboxylic acids is 1. The van der Waals surface area contributed by atoms with E-state index in [1.165, 1.54) is 13.1 Å². The molecule has 3 rings (SSSR count). The largest absolute Gasteiger partial charge is 0.481 e. The number of nitrogens with zero attached hydrogens (tertiary/aromatic N) is 2. The highest BCUT2D eigenvalue weighted by atomic mass is 19.4. The van der Waals surface area contributed by atoms with Crippen LogP contribution in [0.15, 0.2) is 36.4 Å². The van der Waals surface area contributed by atoms with E-state index in [2.05, 4.69) is 10.3 Å². The second-order valence-electron chi connectivity index (χ2n) is 6.47. The van der Waals surface area contributed by atoms with Crippen molar-refractivity contribution in [2.75, 3.05) is 11.9 Å². The zero-order valence-electron chi connectivity index (χ0n) is 16.1. The van der Waals surface area contributed by atoms with Crippen LogP contribution >= 0.6 is 0 Å². The molecule has 10 heteroatoms. The number of aryl methyl sites for hydroxylation is 2. The molecule has 2 heterocycles. The van der Waals surface area contributed by atoms with Crippen LogP contribution in [0.5, 0.6) is 5.75 Å². The Morgan fingerprint density at radius 3 is 2.47 bits per heavy atom. The molecule has 0 atom stereocenters. The first kappa shape index (κ1) is 21.2. The number of fused-ring (bicyclic) bond motifs is 1. The Bertz CT molecular complexity index is 1110. The second kappa shape index (κ2) is 8.05. The standard InChI is InChI=1S/C20H18F3N3O4/c1-3-13-14(25-18(27)11-7-5-4-6-8-11)9-12-16(30-10-20(21,22)23)15(19(28)29)26(2)17(12)24-13/h4-9H,3,10H2,1-2H3,(H,25,27)(H,28,29). The first-order valence-electron chi connectivity index (χ1n) is 8.94. The second-order valence-corrected chi connectivity index (χ2v) is 6.47. The van der Waals surface area contributed by atoms with Gasteiger partial charge >= 0.3 is 12.1 Å². The summed E-state index contributed by atoms with van der Waals surface area (Å²) in [6, 6.07) is 9.74. The fraction of sp³-hybridized carbons (Fsp3) is 0.250. The minimum atomic E-state index is -4.65. The van der Waals surface area contributed by atoms with E-state index in [-0.39, 0.29) is 16.7 Å². The number of hydrogen-bond donors (Lipinski definition) is 2. The fourth-order valence-corrected chi connectivity index (χ4v) is 3.05. The lowest BCUT2D eigenvalue weighted by atomic mass is 10.1. The van der Waals surface area contributed by atoms with Crippen LogP contribution in [-0.2, 0) is 13.5 Å². The van der Waals surface area contributed by atoms with Gasteiger partial charge in [0, 0.05) is 12.6 Å². The minimum Gasteiger partial charge on any atom is -0.481 e. The SMILES string of the molecule is CCc1nc2c(cc1NC(=O)c1ccccc1)c(OCC(F)(F)F)c(C(=O)O)n2C. The smallest absolute Gasteiger partial charge is 0.422 e. The van der Waals surface area contributed by atoms with E-state index in [9.17, 15) is 27.9 Å². The van der Waals surface area contributed by atoms with Gasteiger partial charge in [-0.15, -0.1) is 0 Å². The van der Waals surface area contributed by atoms with E-state index in [1.807, 2.05) is 0 Å². The van der Waals surface area contributed by atoms with Crippen LogP contribution in [0, 0.1) is 0 Å². The van der Waals surface area contributed by atoms with Gasteiger partial charge in [0.05, 0.1) is 16.8 Å². The number of carbonyl (C=O) groups is 2. The Hall–Kier alpha value is -3.56. The molecule has 0 aliphatic rings. The molecule has 1 aromatic carbocycles. The molecule has 0 aliphatic heterocycles. The van der Waals surface area contributed by atoms with Gasteiger partial charge in [-0.2, -0.15) is 13.2 Å². The highest BCUT2D eigenvalue weighted by Crippen LogP contribution is 2.36. The maximum atomic E-state index is 12.7. The maximum absolute atomic E-state index is 12.7. The number of pyridine rings is 1. The number of rotatable bonds is 6.